The molecule has 3 aliphatic rings. The van der Waals surface area contributed by atoms with Crippen molar-refractivity contribution in [2.45, 2.75) is 58.0 Å². The van der Waals surface area contributed by atoms with Crippen LogP contribution in [-0.2, 0) is 11.3 Å². The summed E-state index contributed by atoms with van der Waals surface area (Å²) in [5, 5.41) is 6.28. The number of methoxy groups -OCH3 is 1. The van der Waals surface area contributed by atoms with Gasteiger partial charge in [0.05, 0.1) is 23.9 Å². The number of aryl methyl sites for hydroxylation is 1. The van der Waals surface area contributed by atoms with Crippen LogP contribution < -0.4 is 10.5 Å². The van der Waals surface area contributed by atoms with Gasteiger partial charge in [-0.1, -0.05) is 18.2 Å². The summed E-state index contributed by atoms with van der Waals surface area (Å²) >= 11 is 0. The summed E-state index contributed by atoms with van der Waals surface area (Å²) in [7, 11) is 1.64. The molecule has 2 aliphatic heterocycles. The monoisotopic (exact) mass is 554 g/mol. The van der Waals surface area contributed by atoms with Crippen molar-refractivity contribution in [1.29, 1.82) is 0 Å². The molecule has 9 nitrogen and oxygen atoms in total. The van der Waals surface area contributed by atoms with E-state index in [9.17, 15) is 9.59 Å². The molecule has 214 valence electrons. The number of rotatable bonds is 6. The predicted molar refractivity (Wildman–Crippen MR) is 158 cm³/mol. The maximum atomic E-state index is 13.5. The molecule has 3 aromatic heterocycles. The molecular formula is C32H38N6O3. The number of carbonyl (C=O) groups is 2. The summed E-state index contributed by atoms with van der Waals surface area (Å²) in [6.45, 7) is 7.49. The third kappa shape index (κ3) is 4.47. The highest BCUT2D eigenvalue weighted by atomic mass is 16.5. The van der Waals surface area contributed by atoms with Crippen LogP contribution in [0.25, 0.3) is 27.8 Å². The van der Waals surface area contributed by atoms with Gasteiger partial charge in [-0.15, -0.1) is 0 Å². The molecule has 2 N–H and O–H groups in total. The molecule has 3 fully saturated rings. The number of hydrogen-bond donors (Lipinski definition) is 1. The Morgan fingerprint density at radius 2 is 1.88 bits per heavy atom. The second kappa shape index (κ2) is 9.91. The summed E-state index contributed by atoms with van der Waals surface area (Å²) in [4.78, 5) is 29.1. The summed E-state index contributed by atoms with van der Waals surface area (Å²) in [6, 6.07) is 10.6. The Labute approximate surface area is 239 Å². The molecule has 0 unspecified atom stereocenters. The van der Waals surface area contributed by atoms with Crippen LogP contribution in [0.4, 0.5) is 0 Å². The molecule has 1 saturated carbocycles. The third-order valence-electron chi connectivity index (χ3n) is 9.24. The van der Waals surface area contributed by atoms with Crippen LogP contribution in [0.5, 0.6) is 5.75 Å². The van der Waals surface area contributed by atoms with Crippen LogP contribution in [0.1, 0.15) is 60.0 Å². The fourth-order valence-electron chi connectivity index (χ4n) is 6.74. The Morgan fingerprint density at radius 1 is 1.07 bits per heavy atom. The number of ether oxygens (including phenoxy) is 1. The number of pyridine rings is 1. The van der Waals surface area contributed by atoms with E-state index in [-0.39, 0.29) is 17.9 Å². The first-order valence-electron chi connectivity index (χ1n) is 14.8. The van der Waals surface area contributed by atoms with Crippen LogP contribution in [0, 0.1) is 12.8 Å². The highest BCUT2D eigenvalue weighted by Gasteiger charge is 2.33. The summed E-state index contributed by atoms with van der Waals surface area (Å²) in [6.07, 6.45) is 6.18. The van der Waals surface area contributed by atoms with Crippen molar-refractivity contribution in [2.75, 3.05) is 33.3 Å². The average Bonchev–Trinajstić information content (AvgIpc) is 3.59. The minimum atomic E-state index is -0.0392. The summed E-state index contributed by atoms with van der Waals surface area (Å²) in [5.41, 5.74) is 13.2. The Balaban J connectivity index is 1.34. The number of piperidine rings is 1. The van der Waals surface area contributed by atoms with Gasteiger partial charge in [0, 0.05) is 68.8 Å². The number of fused-ring (bicyclic) bond motifs is 2. The smallest absolute Gasteiger partial charge is 0.255 e. The lowest BCUT2D eigenvalue weighted by molar-refractivity contribution is -0.133. The van der Waals surface area contributed by atoms with Crippen molar-refractivity contribution in [1.82, 2.24) is 24.0 Å². The zero-order chi connectivity index (χ0) is 28.4. The van der Waals surface area contributed by atoms with Crippen molar-refractivity contribution < 1.29 is 14.3 Å². The lowest BCUT2D eigenvalue weighted by Gasteiger charge is -2.39. The quantitative estimate of drug-likeness (QED) is 0.385. The maximum Gasteiger partial charge on any atom is 0.255 e. The van der Waals surface area contributed by atoms with Crippen molar-refractivity contribution >= 4 is 28.2 Å². The minimum Gasteiger partial charge on any atom is -0.494 e. The lowest BCUT2D eigenvalue weighted by Crippen LogP contribution is -2.47. The van der Waals surface area contributed by atoms with Crippen molar-refractivity contribution in [3.63, 3.8) is 0 Å². The molecule has 9 heteroatoms. The number of amides is 2. The first-order valence-corrected chi connectivity index (χ1v) is 14.8. The van der Waals surface area contributed by atoms with E-state index in [1.807, 2.05) is 26.6 Å². The molecule has 1 atom stereocenters. The van der Waals surface area contributed by atoms with E-state index < -0.39 is 0 Å². The van der Waals surface area contributed by atoms with Gasteiger partial charge >= 0.3 is 0 Å². The van der Waals surface area contributed by atoms with Gasteiger partial charge in [0.25, 0.3) is 5.91 Å². The normalized spacial score (nSPS) is 19.7. The number of benzene rings is 1. The van der Waals surface area contributed by atoms with Crippen LogP contribution in [0.2, 0.25) is 0 Å². The van der Waals surface area contributed by atoms with E-state index in [2.05, 4.69) is 35.8 Å². The van der Waals surface area contributed by atoms with E-state index in [0.29, 0.717) is 36.2 Å². The highest BCUT2D eigenvalue weighted by molar-refractivity contribution is 5.96. The number of hydrogen-bond acceptors (Lipinski definition) is 5. The predicted octanol–water partition coefficient (Wildman–Crippen LogP) is 4.19. The molecule has 0 spiro atoms. The number of likely N-dealkylation sites (tertiary alicyclic amines) is 2. The molecule has 41 heavy (non-hydrogen) atoms. The van der Waals surface area contributed by atoms with Gasteiger partial charge in [-0.3, -0.25) is 9.59 Å². The van der Waals surface area contributed by atoms with Crippen molar-refractivity contribution in [3.05, 3.63) is 53.2 Å². The highest BCUT2D eigenvalue weighted by Crippen LogP contribution is 2.41. The molecule has 7 rings (SSSR count). The van der Waals surface area contributed by atoms with Crippen LogP contribution in [0.15, 0.2) is 36.5 Å². The van der Waals surface area contributed by atoms with Gasteiger partial charge in [-0.25, -0.2) is 4.52 Å². The van der Waals surface area contributed by atoms with E-state index in [1.54, 1.807) is 14.0 Å². The molecule has 1 aromatic carbocycles. The van der Waals surface area contributed by atoms with Crippen LogP contribution in [-0.4, -0.2) is 75.1 Å². The van der Waals surface area contributed by atoms with Gasteiger partial charge in [-0.05, 0) is 56.2 Å². The molecule has 0 bridgehead atoms. The molecule has 4 aromatic rings. The van der Waals surface area contributed by atoms with Crippen molar-refractivity contribution in [3.8, 4) is 17.1 Å². The van der Waals surface area contributed by atoms with Gasteiger partial charge in [0.2, 0.25) is 5.91 Å². The Kier molecular flexibility index (Phi) is 6.30. The fraction of sp³-hybridized carbons (Fsp3) is 0.469. The average molecular weight is 555 g/mol. The molecule has 1 aliphatic carbocycles. The number of nitrogens with two attached hydrogens (primary N) is 1. The topological polar surface area (TPSA) is 98.1 Å². The van der Waals surface area contributed by atoms with E-state index in [0.717, 1.165) is 54.9 Å². The van der Waals surface area contributed by atoms with Crippen molar-refractivity contribution in [2.24, 2.45) is 11.7 Å². The SMILES string of the molecule is COc1cc(C(=O)N2CCC[C@@H](N)C2)cn2nc(-c3cc4cccc(C5CN(C(C)=O)C5)c4n3CC3CC3)c(C)c12. The fourth-order valence-corrected chi connectivity index (χ4v) is 6.74. The van der Waals surface area contributed by atoms with E-state index in [4.69, 9.17) is 15.6 Å². The zero-order valence-corrected chi connectivity index (χ0v) is 24.1. The molecule has 5 heterocycles. The Bertz CT molecular complexity index is 1680. The van der Waals surface area contributed by atoms with Gasteiger partial charge in [0.15, 0.2) is 0 Å². The number of para-hydroxylation sites is 1. The maximum absolute atomic E-state index is 13.5. The first kappa shape index (κ1) is 26.1. The summed E-state index contributed by atoms with van der Waals surface area (Å²) in [5.74, 6) is 1.74. The van der Waals surface area contributed by atoms with Gasteiger partial charge < -0.3 is 24.8 Å². The number of aromatic nitrogens is 3. The largest absolute Gasteiger partial charge is 0.494 e. The zero-order valence-electron chi connectivity index (χ0n) is 24.1. The minimum absolute atomic E-state index is 0.0145. The lowest BCUT2D eigenvalue weighted by atomic mass is 9.90. The molecule has 2 saturated heterocycles. The van der Waals surface area contributed by atoms with E-state index in [1.165, 1.54) is 29.3 Å². The Morgan fingerprint density at radius 3 is 2.59 bits per heavy atom. The standard InChI is InChI=1S/C32H38N6O3/c1-19-29(34-38-17-23(13-28(41-3)30(19)38)32(40)35-11-5-7-25(33)18-35)27-12-22-6-4-8-26(24-15-36(16-24)20(2)39)31(22)37(27)14-21-9-10-21/h4,6,8,12-13,17,21,24-25H,5,7,9-11,14-16,18,33H2,1-3H3/t25-/m1/s1. The molecule has 2 amide bonds. The first-order chi connectivity index (χ1) is 19.8. The van der Waals surface area contributed by atoms with Crippen LogP contribution in [0.3, 0.4) is 0 Å². The molecular weight excluding hydrogens is 516 g/mol. The molecule has 0 radical (unpaired) electrons. The van der Waals surface area contributed by atoms with E-state index >= 15 is 0 Å². The third-order valence-corrected chi connectivity index (χ3v) is 9.24. The van der Waals surface area contributed by atoms with Crippen LogP contribution >= 0.6 is 0 Å². The Hall–Kier alpha value is -3.85. The summed E-state index contributed by atoms with van der Waals surface area (Å²) < 4.78 is 10.1. The second-order valence-electron chi connectivity index (χ2n) is 12.2. The number of carbonyl (C=O) groups excluding carboxylic acids is 2. The second-order valence-corrected chi connectivity index (χ2v) is 12.2. The number of nitrogens with zero attached hydrogens (tertiary/aromatic N) is 5. The van der Waals surface area contributed by atoms with Gasteiger partial charge in [-0.2, -0.15) is 5.10 Å². The van der Waals surface area contributed by atoms with Gasteiger partial charge in [0.1, 0.15) is 17.0 Å².